The number of thioether (sulfide) groups is 1. The number of carbonyl (C=O) groups is 1. The molecule has 1 amide bonds. The highest BCUT2D eigenvalue weighted by Crippen LogP contribution is 2.40. The fraction of sp³-hybridized carbons (Fsp3) is 0.120. The number of amides is 1. The van der Waals surface area contributed by atoms with E-state index in [4.69, 9.17) is 38.0 Å². The lowest BCUT2D eigenvalue weighted by atomic mass is 10.1. The average Bonchev–Trinajstić information content (AvgIpc) is 3.11. The SMILES string of the molecule is COc1ccc(N2C(=O)/C(=C/c3cc(Br)c(OCc4ccc(Cl)cc4)c(OC)c3)SC2=S)cc1. The minimum absolute atomic E-state index is 0.182. The van der Waals surface area contributed by atoms with E-state index in [-0.39, 0.29) is 5.91 Å². The van der Waals surface area contributed by atoms with Crippen LogP contribution in [-0.2, 0) is 11.4 Å². The van der Waals surface area contributed by atoms with Crippen molar-refractivity contribution in [1.29, 1.82) is 0 Å². The van der Waals surface area contributed by atoms with Crippen LogP contribution >= 0.6 is 51.5 Å². The van der Waals surface area contributed by atoms with Crippen LogP contribution in [0.4, 0.5) is 5.69 Å². The second-order valence-corrected chi connectivity index (χ2v) is 10.1. The maximum Gasteiger partial charge on any atom is 0.270 e. The molecule has 1 saturated heterocycles. The molecule has 1 heterocycles. The summed E-state index contributed by atoms with van der Waals surface area (Å²) in [6, 6.07) is 18.3. The van der Waals surface area contributed by atoms with Gasteiger partial charge in [-0.15, -0.1) is 0 Å². The van der Waals surface area contributed by atoms with Gasteiger partial charge in [0.2, 0.25) is 0 Å². The zero-order chi connectivity index (χ0) is 24.2. The Hall–Kier alpha value is -2.52. The van der Waals surface area contributed by atoms with E-state index >= 15 is 0 Å². The Balaban J connectivity index is 1.56. The van der Waals surface area contributed by atoms with Crippen molar-refractivity contribution in [2.75, 3.05) is 19.1 Å². The second kappa shape index (κ2) is 10.8. The van der Waals surface area contributed by atoms with E-state index in [1.165, 1.54) is 16.7 Å². The van der Waals surface area contributed by atoms with Gasteiger partial charge in [-0.2, -0.15) is 0 Å². The van der Waals surface area contributed by atoms with Crippen LogP contribution < -0.4 is 19.1 Å². The van der Waals surface area contributed by atoms with Gasteiger partial charge in [-0.25, -0.2) is 0 Å². The normalized spacial score (nSPS) is 14.6. The minimum atomic E-state index is -0.182. The molecule has 5 nitrogen and oxygen atoms in total. The van der Waals surface area contributed by atoms with Crippen molar-refractivity contribution in [3.05, 3.63) is 86.2 Å². The quantitative estimate of drug-likeness (QED) is 0.221. The summed E-state index contributed by atoms with van der Waals surface area (Å²) in [5, 5.41) is 0.671. The number of nitrogens with zero attached hydrogens (tertiary/aromatic N) is 1. The van der Waals surface area contributed by atoms with E-state index in [0.717, 1.165) is 11.1 Å². The van der Waals surface area contributed by atoms with Gasteiger partial charge in [0.05, 0.1) is 29.3 Å². The predicted molar refractivity (Wildman–Crippen MR) is 145 cm³/mol. The van der Waals surface area contributed by atoms with Crippen LogP contribution in [0.15, 0.2) is 70.0 Å². The van der Waals surface area contributed by atoms with Crippen LogP contribution in [0.1, 0.15) is 11.1 Å². The summed E-state index contributed by atoms with van der Waals surface area (Å²) >= 11 is 16.2. The van der Waals surface area contributed by atoms with Crippen LogP contribution in [0, 0.1) is 0 Å². The first-order valence-corrected chi connectivity index (χ1v) is 12.5. The molecule has 3 aromatic rings. The van der Waals surface area contributed by atoms with E-state index in [9.17, 15) is 4.79 Å². The van der Waals surface area contributed by atoms with E-state index in [2.05, 4.69) is 15.9 Å². The summed E-state index contributed by atoms with van der Waals surface area (Å²) in [4.78, 5) is 15.1. The Morgan fingerprint density at radius 3 is 2.41 bits per heavy atom. The number of carbonyl (C=O) groups excluding carboxylic acids is 1. The standard InChI is InChI=1S/C25H19BrClNO4S2/c1-30-19-9-7-18(8-10-19)28-24(29)22(34-25(28)33)13-16-11-20(26)23(21(12-16)31-2)32-14-15-3-5-17(27)6-4-15/h3-13H,14H2,1-2H3/b22-13-. The largest absolute Gasteiger partial charge is 0.497 e. The number of hydrogen-bond donors (Lipinski definition) is 0. The van der Waals surface area contributed by atoms with Crippen LogP contribution in [0.3, 0.4) is 0 Å². The van der Waals surface area contributed by atoms with E-state index in [0.29, 0.717) is 48.3 Å². The zero-order valence-electron chi connectivity index (χ0n) is 18.2. The van der Waals surface area contributed by atoms with Crippen molar-refractivity contribution in [2.24, 2.45) is 0 Å². The molecule has 0 bridgehead atoms. The highest BCUT2D eigenvalue weighted by atomic mass is 79.9. The maximum absolute atomic E-state index is 13.1. The van der Waals surface area contributed by atoms with Gasteiger partial charge < -0.3 is 14.2 Å². The zero-order valence-corrected chi connectivity index (χ0v) is 22.2. The molecule has 0 aliphatic carbocycles. The first-order valence-electron chi connectivity index (χ1n) is 10.1. The fourth-order valence-corrected chi connectivity index (χ4v) is 5.27. The van der Waals surface area contributed by atoms with Gasteiger partial charge in [-0.05, 0) is 81.7 Å². The Morgan fingerprint density at radius 2 is 1.76 bits per heavy atom. The van der Waals surface area contributed by atoms with Crippen molar-refractivity contribution in [3.63, 3.8) is 0 Å². The third-order valence-electron chi connectivity index (χ3n) is 4.97. The third-order valence-corrected chi connectivity index (χ3v) is 7.11. The number of methoxy groups -OCH3 is 2. The van der Waals surface area contributed by atoms with Crippen molar-refractivity contribution in [3.8, 4) is 17.2 Å². The van der Waals surface area contributed by atoms with Crippen LogP contribution in [0.25, 0.3) is 6.08 Å². The molecule has 1 aliphatic heterocycles. The molecule has 0 unspecified atom stereocenters. The van der Waals surface area contributed by atoms with Crippen molar-refractivity contribution < 1.29 is 19.0 Å². The van der Waals surface area contributed by atoms with Crippen LogP contribution in [-0.4, -0.2) is 24.4 Å². The summed E-state index contributed by atoms with van der Waals surface area (Å²) in [5.41, 5.74) is 2.44. The molecule has 0 spiro atoms. The Bertz CT molecular complexity index is 1260. The molecule has 1 fully saturated rings. The van der Waals surface area contributed by atoms with Crippen molar-refractivity contribution in [1.82, 2.24) is 0 Å². The molecule has 0 N–H and O–H groups in total. The predicted octanol–water partition coefficient (Wildman–Crippen LogP) is 7.10. The van der Waals surface area contributed by atoms with Gasteiger partial charge in [-0.1, -0.05) is 47.7 Å². The number of rotatable bonds is 7. The molecule has 1 aliphatic rings. The second-order valence-electron chi connectivity index (χ2n) is 7.16. The molecule has 0 saturated carbocycles. The van der Waals surface area contributed by atoms with Gasteiger partial charge in [0.25, 0.3) is 5.91 Å². The van der Waals surface area contributed by atoms with Gasteiger partial charge in [0.15, 0.2) is 15.8 Å². The number of hydrogen-bond acceptors (Lipinski definition) is 6. The molecule has 3 aromatic carbocycles. The molecule has 9 heteroatoms. The maximum atomic E-state index is 13.1. The number of benzene rings is 3. The van der Waals surface area contributed by atoms with Gasteiger partial charge in [-0.3, -0.25) is 9.69 Å². The third kappa shape index (κ3) is 5.41. The lowest BCUT2D eigenvalue weighted by molar-refractivity contribution is -0.113. The average molecular weight is 577 g/mol. The molecular weight excluding hydrogens is 558 g/mol. The summed E-state index contributed by atoms with van der Waals surface area (Å²) in [5.74, 6) is 1.64. The van der Waals surface area contributed by atoms with Gasteiger partial charge in [0, 0.05) is 5.02 Å². The van der Waals surface area contributed by atoms with Crippen molar-refractivity contribution in [2.45, 2.75) is 6.61 Å². The molecular formula is C25H19BrClNO4S2. The van der Waals surface area contributed by atoms with E-state index < -0.39 is 0 Å². The fourth-order valence-electron chi connectivity index (χ4n) is 3.27. The van der Waals surface area contributed by atoms with Crippen LogP contribution in [0.2, 0.25) is 5.02 Å². The number of anilines is 1. The Kier molecular flexibility index (Phi) is 7.83. The monoisotopic (exact) mass is 575 g/mol. The van der Waals surface area contributed by atoms with E-state index in [1.807, 2.05) is 36.4 Å². The van der Waals surface area contributed by atoms with Crippen molar-refractivity contribution >= 4 is 73.5 Å². The summed E-state index contributed by atoms with van der Waals surface area (Å²) in [7, 11) is 3.17. The molecule has 174 valence electrons. The molecule has 0 radical (unpaired) electrons. The summed E-state index contributed by atoms with van der Waals surface area (Å²) < 4.78 is 17.9. The molecule has 34 heavy (non-hydrogen) atoms. The highest BCUT2D eigenvalue weighted by Gasteiger charge is 2.33. The van der Waals surface area contributed by atoms with Gasteiger partial charge >= 0.3 is 0 Å². The number of thiocarbonyl (C=S) groups is 1. The van der Waals surface area contributed by atoms with E-state index in [1.54, 1.807) is 44.6 Å². The van der Waals surface area contributed by atoms with Crippen LogP contribution in [0.5, 0.6) is 17.2 Å². The highest BCUT2D eigenvalue weighted by molar-refractivity contribution is 9.10. The minimum Gasteiger partial charge on any atom is -0.497 e. The number of halogens is 2. The molecule has 4 rings (SSSR count). The summed E-state index contributed by atoms with van der Waals surface area (Å²) in [6.07, 6.45) is 1.79. The first-order chi connectivity index (χ1) is 16.4. The lowest BCUT2D eigenvalue weighted by Gasteiger charge is -2.15. The summed E-state index contributed by atoms with van der Waals surface area (Å²) in [6.45, 7) is 0.353. The lowest BCUT2D eigenvalue weighted by Crippen LogP contribution is -2.27. The molecule has 0 aromatic heterocycles. The first kappa shape index (κ1) is 24.6. The Labute approximate surface area is 220 Å². The molecule has 0 atom stereocenters. The smallest absolute Gasteiger partial charge is 0.270 e. The van der Waals surface area contributed by atoms with Gasteiger partial charge in [0.1, 0.15) is 12.4 Å². The Morgan fingerprint density at radius 1 is 1.06 bits per heavy atom. The number of ether oxygens (including phenoxy) is 3. The topological polar surface area (TPSA) is 48.0 Å².